The highest BCUT2D eigenvalue weighted by molar-refractivity contribution is 5.94. The minimum absolute atomic E-state index is 0.0650. The van der Waals surface area contributed by atoms with Crippen molar-refractivity contribution in [2.75, 3.05) is 13.2 Å². The Labute approximate surface area is 346 Å². The van der Waals surface area contributed by atoms with E-state index in [2.05, 4.69) is 154 Å². The molecule has 8 nitrogen and oxygen atoms in total. The van der Waals surface area contributed by atoms with E-state index in [4.69, 9.17) is 9.47 Å². The Hall–Kier alpha value is -6.31. The third-order valence-electron chi connectivity index (χ3n) is 7.81. The van der Waals surface area contributed by atoms with Crippen LogP contribution in [0.3, 0.4) is 0 Å². The first-order valence-corrected chi connectivity index (χ1v) is 19.2. The van der Waals surface area contributed by atoms with E-state index in [1.807, 2.05) is 6.08 Å². The summed E-state index contributed by atoms with van der Waals surface area (Å²) in [6.45, 7) is 3.19. The monoisotopic (exact) mass is 775 g/mol. The molecule has 8 heteroatoms. The van der Waals surface area contributed by atoms with Gasteiger partial charge < -0.3 is 35.2 Å². The van der Waals surface area contributed by atoms with Crippen molar-refractivity contribution in [2.45, 2.75) is 134 Å². The van der Waals surface area contributed by atoms with Crippen molar-refractivity contribution in [3.63, 3.8) is 0 Å². The van der Waals surface area contributed by atoms with E-state index in [9.17, 15) is 25.2 Å². The molecule has 4 unspecified atom stereocenters. The molecule has 1 aliphatic heterocycles. The minimum Gasteiger partial charge on any atom is -0.394 e. The maximum atomic E-state index is 12.6. The summed E-state index contributed by atoms with van der Waals surface area (Å²) in [5.41, 5.74) is 0. The second kappa shape index (κ2) is 36.3. The molecule has 1 fully saturated rings. The number of hydrogen-bond donors (Lipinski definition) is 5. The van der Waals surface area contributed by atoms with Crippen LogP contribution in [0.4, 0.5) is 0 Å². The number of carbonyl (C=O) groups is 1. The van der Waals surface area contributed by atoms with E-state index in [1.165, 1.54) is 57.8 Å². The van der Waals surface area contributed by atoms with Gasteiger partial charge in [0.25, 0.3) is 5.91 Å². The van der Waals surface area contributed by atoms with E-state index in [0.29, 0.717) is 0 Å². The van der Waals surface area contributed by atoms with Gasteiger partial charge in [-0.25, -0.2) is 0 Å². The van der Waals surface area contributed by atoms with E-state index in [0.717, 1.165) is 19.3 Å². The lowest BCUT2D eigenvalue weighted by atomic mass is 10.0. The molecule has 1 aliphatic rings. The van der Waals surface area contributed by atoms with Gasteiger partial charge in [-0.05, 0) is 114 Å². The summed E-state index contributed by atoms with van der Waals surface area (Å²) in [5, 5.41) is 43.3. The third-order valence-corrected chi connectivity index (χ3v) is 7.81. The molecule has 58 heavy (non-hydrogen) atoms. The van der Waals surface area contributed by atoms with Crippen molar-refractivity contribution < 1.29 is 34.7 Å². The van der Waals surface area contributed by atoms with Crippen molar-refractivity contribution in [1.29, 1.82) is 0 Å². The topological polar surface area (TPSA) is 128 Å². The van der Waals surface area contributed by atoms with Gasteiger partial charge in [0.1, 0.15) is 12.2 Å². The lowest BCUT2D eigenvalue weighted by Gasteiger charge is -2.36. The molecule has 5 N–H and O–H groups in total. The average Bonchev–Trinajstić information content (AvgIpc) is 3.21. The number of nitrogens with one attached hydrogen (secondary N) is 1. The number of ether oxygens (including phenoxy) is 2. The summed E-state index contributed by atoms with van der Waals surface area (Å²) < 4.78 is 11.2. The van der Waals surface area contributed by atoms with Crippen molar-refractivity contribution in [2.24, 2.45) is 0 Å². The molecular weight excluding hydrogens is 727 g/mol. The first kappa shape index (κ1) is 49.7. The van der Waals surface area contributed by atoms with Crippen LogP contribution in [0, 0.1) is 142 Å². The molecule has 1 saturated heterocycles. The van der Waals surface area contributed by atoms with Crippen LogP contribution in [-0.2, 0) is 14.3 Å². The van der Waals surface area contributed by atoms with Gasteiger partial charge in [0, 0.05) is 47.9 Å². The minimum atomic E-state index is -1.18. The van der Waals surface area contributed by atoms with Crippen molar-refractivity contribution in [1.82, 2.24) is 5.32 Å². The number of allylic oxidation sites excluding steroid dienone is 1. The number of carbonyl (C=O) groups excluding carboxylic acids is 1. The molecule has 296 valence electrons. The molecule has 0 aromatic heterocycles. The van der Waals surface area contributed by atoms with Gasteiger partial charge in [-0.2, -0.15) is 0 Å². The second-order valence-corrected chi connectivity index (χ2v) is 12.4. The first-order chi connectivity index (χ1) is 28.4. The molecular formula is C50H49NO7. The largest absolute Gasteiger partial charge is 0.394 e. The molecule has 0 aliphatic carbocycles. The summed E-state index contributed by atoms with van der Waals surface area (Å²) in [5.74, 6) is 59.1. The number of aliphatic hydroxyl groups is 4. The smallest absolute Gasteiger partial charge is 0.297 e. The number of rotatable bonds is 19. The molecule has 0 aromatic carbocycles. The molecule has 0 spiro atoms. The van der Waals surface area contributed by atoms with Crippen LogP contribution in [0.2, 0.25) is 0 Å². The maximum Gasteiger partial charge on any atom is 0.297 e. The molecule has 0 bridgehead atoms. The lowest BCUT2D eigenvalue weighted by Crippen LogP contribution is -2.52. The Morgan fingerprint density at radius 1 is 0.672 bits per heavy atom. The van der Waals surface area contributed by atoms with E-state index in [-0.39, 0.29) is 13.0 Å². The molecule has 1 amide bonds. The van der Waals surface area contributed by atoms with E-state index >= 15 is 0 Å². The van der Waals surface area contributed by atoms with Crippen LogP contribution in [0.15, 0.2) is 12.2 Å². The Bertz CT molecular complexity index is 2110. The fourth-order valence-electron chi connectivity index (χ4n) is 4.88. The highest BCUT2D eigenvalue weighted by Gasteiger charge is 2.37. The van der Waals surface area contributed by atoms with Crippen LogP contribution < -0.4 is 5.32 Å². The van der Waals surface area contributed by atoms with Crippen molar-refractivity contribution in [3.8, 4) is 142 Å². The van der Waals surface area contributed by atoms with E-state index < -0.39 is 49.3 Å². The summed E-state index contributed by atoms with van der Waals surface area (Å²) in [6, 6.07) is -0.955. The molecule has 1 heterocycles. The van der Waals surface area contributed by atoms with E-state index in [1.54, 1.807) is 13.0 Å². The van der Waals surface area contributed by atoms with Gasteiger partial charge in [-0.1, -0.05) is 89.2 Å². The predicted molar refractivity (Wildman–Crippen MR) is 225 cm³/mol. The number of unbranched alkanes of at least 4 members (excludes halogenated alkanes) is 11. The van der Waals surface area contributed by atoms with Crippen molar-refractivity contribution >= 4 is 5.91 Å². The van der Waals surface area contributed by atoms with Crippen LogP contribution >= 0.6 is 0 Å². The van der Waals surface area contributed by atoms with Gasteiger partial charge in [0.15, 0.2) is 6.29 Å². The summed E-state index contributed by atoms with van der Waals surface area (Å²) in [7, 11) is 0. The van der Waals surface area contributed by atoms with Crippen LogP contribution in [-0.4, -0.2) is 76.3 Å². The van der Waals surface area contributed by atoms with Crippen LogP contribution in [0.1, 0.15) is 97.3 Å². The highest BCUT2D eigenvalue weighted by atomic mass is 16.7. The Morgan fingerprint density at radius 2 is 1.10 bits per heavy atom. The average molecular weight is 776 g/mol. The predicted octanol–water partition coefficient (Wildman–Crippen LogP) is 3.00. The molecule has 6 atom stereocenters. The fourth-order valence-corrected chi connectivity index (χ4v) is 4.88. The molecule has 0 saturated carbocycles. The lowest BCUT2D eigenvalue weighted by molar-refractivity contribution is -0.272. The molecule has 1 rings (SSSR count). The summed E-state index contributed by atoms with van der Waals surface area (Å²) in [4.78, 5) is 12.6. The number of amides is 1. The second-order valence-electron chi connectivity index (χ2n) is 12.4. The normalized spacial score (nSPS) is 16.2. The highest BCUT2D eigenvalue weighted by Crippen LogP contribution is 2.21. The quantitative estimate of drug-likeness (QED) is 0.0777. The van der Waals surface area contributed by atoms with Gasteiger partial charge >= 0.3 is 0 Å². The Balaban J connectivity index is 2.67. The third kappa shape index (κ3) is 28.1. The summed E-state index contributed by atoms with van der Waals surface area (Å²) >= 11 is 0. The van der Waals surface area contributed by atoms with Gasteiger partial charge in [0.2, 0.25) is 0 Å². The SMILES string of the molecule is CC#CC#CC#CC#CC#CC#CC#CC#CC#CC#CC#CC#CC(=O)N[C@@H](COC1OC(CO)C(O)CC1O)[C@H](O)/C=C/CCCCCCCCCCCCC. The Kier molecular flexibility index (Phi) is 31.1. The van der Waals surface area contributed by atoms with Crippen LogP contribution in [0.25, 0.3) is 0 Å². The van der Waals surface area contributed by atoms with Crippen LogP contribution in [0.5, 0.6) is 0 Å². The number of aliphatic hydroxyl groups excluding tert-OH is 4. The van der Waals surface area contributed by atoms with Gasteiger partial charge in [-0.3, -0.25) is 4.79 Å². The Morgan fingerprint density at radius 3 is 1.55 bits per heavy atom. The van der Waals surface area contributed by atoms with Gasteiger partial charge in [0.05, 0.1) is 31.5 Å². The molecule has 0 radical (unpaired) electrons. The summed E-state index contributed by atoms with van der Waals surface area (Å²) in [6.07, 6.45) is 12.3. The number of hydrogen-bond acceptors (Lipinski definition) is 7. The first-order valence-electron chi connectivity index (χ1n) is 19.2. The maximum absolute atomic E-state index is 12.6. The standard InChI is InChI=1S/C50H49NO7/c1-3-5-7-9-11-13-15-17-18-19-20-21-22-23-24-25-26-28-30-32-34-36-38-40-49(56)51-44(43-57-50-47(55)41-46(54)48(42-52)58-50)45(53)39-37-35-33-31-29-27-16-14-12-10-8-6-4-2/h37,39,44-48,50,52-55H,4,6,8,10,12,14,16,27,29,31,33,35,41-43H2,1-2H3,(H,51,56)/b39-37+/t44-,45+,46?,47?,48?,50?/m0/s1. The zero-order valence-corrected chi connectivity index (χ0v) is 33.2. The zero-order chi connectivity index (χ0) is 42.2. The van der Waals surface area contributed by atoms with Gasteiger partial charge in [-0.15, -0.1) is 0 Å². The fraction of sp³-hybridized carbons (Fsp3) is 0.460. The van der Waals surface area contributed by atoms with Crippen molar-refractivity contribution in [3.05, 3.63) is 12.2 Å². The zero-order valence-electron chi connectivity index (χ0n) is 33.2. The molecule has 0 aromatic rings.